The largest absolute Gasteiger partial charge is 0.508 e. The monoisotopic (exact) mass is 235 g/mol. The van der Waals surface area contributed by atoms with Gasteiger partial charge in [-0.25, -0.2) is 0 Å². The third-order valence-corrected chi connectivity index (χ3v) is 2.59. The predicted octanol–water partition coefficient (Wildman–Crippen LogP) is 2.67. The summed E-state index contributed by atoms with van der Waals surface area (Å²) < 4.78 is 5.33. The van der Waals surface area contributed by atoms with Crippen molar-refractivity contribution >= 4 is 6.08 Å². The van der Waals surface area contributed by atoms with Gasteiger partial charge in [0.15, 0.2) is 0 Å². The zero-order valence-corrected chi connectivity index (χ0v) is 10.9. The van der Waals surface area contributed by atoms with Gasteiger partial charge >= 0.3 is 0 Å². The molecule has 1 aromatic rings. The highest BCUT2D eigenvalue weighted by Crippen LogP contribution is 2.36. The first-order valence-corrected chi connectivity index (χ1v) is 5.68. The fraction of sp³-hybridized carbons (Fsp3) is 0.429. The molecule has 0 amide bonds. The van der Waals surface area contributed by atoms with Crippen molar-refractivity contribution in [3.8, 4) is 11.5 Å². The minimum atomic E-state index is -0.118. The van der Waals surface area contributed by atoms with Crippen LogP contribution in [0.4, 0.5) is 0 Å². The van der Waals surface area contributed by atoms with E-state index in [1.807, 2.05) is 18.2 Å². The van der Waals surface area contributed by atoms with E-state index in [4.69, 9.17) is 10.5 Å². The Balaban J connectivity index is 3.29. The summed E-state index contributed by atoms with van der Waals surface area (Å²) in [5.74, 6) is 1.03. The molecule has 94 valence electrons. The van der Waals surface area contributed by atoms with Gasteiger partial charge in [-0.2, -0.15) is 0 Å². The number of ether oxygens (including phenoxy) is 1. The molecule has 0 radical (unpaired) electrons. The Bertz CT molecular complexity index is 417. The van der Waals surface area contributed by atoms with Gasteiger partial charge in [-0.15, -0.1) is 0 Å². The van der Waals surface area contributed by atoms with E-state index < -0.39 is 0 Å². The number of benzene rings is 1. The summed E-state index contributed by atoms with van der Waals surface area (Å²) in [6, 6.07) is 3.59. The van der Waals surface area contributed by atoms with Crippen molar-refractivity contribution in [2.75, 3.05) is 13.7 Å². The number of rotatable bonds is 3. The van der Waals surface area contributed by atoms with Gasteiger partial charge in [0, 0.05) is 17.7 Å². The molecule has 3 nitrogen and oxygen atoms in total. The van der Waals surface area contributed by atoms with Crippen LogP contribution in [0.15, 0.2) is 18.2 Å². The van der Waals surface area contributed by atoms with Crippen LogP contribution in [0, 0.1) is 0 Å². The van der Waals surface area contributed by atoms with Crippen LogP contribution in [0.2, 0.25) is 0 Å². The molecular weight excluding hydrogens is 214 g/mol. The number of aromatic hydroxyl groups is 1. The van der Waals surface area contributed by atoms with Gasteiger partial charge in [0.25, 0.3) is 0 Å². The van der Waals surface area contributed by atoms with Crippen LogP contribution in [0.3, 0.4) is 0 Å². The number of hydrogen-bond donors (Lipinski definition) is 2. The van der Waals surface area contributed by atoms with E-state index in [0.29, 0.717) is 6.54 Å². The Morgan fingerprint density at radius 1 is 1.35 bits per heavy atom. The summed E-state index contributed by atoms with van der Waals surface area (Å²) in [4.78, 5) is 0. The highest BCUT2D eigenvalue weighted by molar-refractivity contribution is 5.62. The molecule has 17 heavy (non-hydrogen) atoms. The maximum atomic E-state index is 10.0. The molecular formula is C14H21NO2. The first-order chi connectivity index (χ1) is 7.90. The molecule has 0 aliphatic rings. The van der Waals surface area contributed by atoms with Gasteiger partial charge in [-0.1, -0.05) is 32.9 Å². The highest BCUT2D eigenvalue weighted by atomic mass is 16.5. The summed E-state index contributed by atoms with van der Waals surface area (Å²) in [7, 11) is 1.62. The van der Waals surface area contributed by atoms with Crippen molar-refractivity contribution in [2.24, 2.45) is 5.73 Å². The average molecular weight is 235 g/mol. The van der Waals surface area contributed by atoms with E-state index in [-0.39, 0.29) is 11.2 Å². The Kier molecular flexibility index (Phi) is 4.18. The lowest BCUT2D eigenvalue weighted by Crippen LogP contribution is -2.11. The minimum absolute atomic E-state index is 0.118. The molecule has 0 saturated carbocycles. The summed E-state index contributed by atoms with van der Waals surface area (Å²) >= 11 is 0. The van der Waals surface area contributed by atoms with Crippen LogP contribution < -0.4 is 10.5 Å². The topological polar surface area (TPSA) is 55.5 Å². The van der Waals surface area contributed by atoms with Crippen LogP contribution >= 0.6 is 0 Å². The third-order valence-electron chi connectivity index (χ3n) is 2.59. The van der Waals surface area contributed by atoms with E-state index in [9.17, 15) is 5.11 Å². The molecule has 3 heteroatoms. The normalized spacial score (nSPS) is 12.1. The predicted molar refractivity (Wildman–Crippen MR) is 71.4 cm³/mol. The molecule has 0 saturated heterocycles. The Morgan fingerprint density at radius 3 is 2.47 bits per heavy atom. The summed E-state index contributed by atoms with van der Waals surface area (Å²) in [6.07, 6.45) is 3.68. The van der Waals surface area contributed by atoms with Crippen molar-refractivity contribution in [1.82, 2.24) is 0 Å². The van der Waals surface area contributed by atoms with Crippen molar-refractivity contribution in [3.63, 3.8) is 0 Å². The van der Waals surface area contributed by atoms with Crippen molar-refractivity contribution in [1.29, 1.82) is 0 Å². The van der Waals surface area contributed by atoms with Crippen molar-refractivity contribution in [2.45, 2.75) is 26.2 Å². The van der Waals surface area contributed by atoms with E-state index in [2.05, 4.69) is 20.8 Å². The second-order valence-electron chi connectivity index (χ2n) is 5.00. The molecule has 0 aromatic heterocycles. The van der Waals surface area contributed by atoms with E-state index in [1.165, 1.54) is 0 Å². The zero-order chi connectivity index (χ0) is 13.1. The van der Waals surface area contributed by atoms with Gasteiger partial charge in [0.2, 0.25) is 0 Å². The number of nitrogens with two attached hydrogens (primary N) is 1. The lowest BCUT2D eigenvalue weighted by molar-refractivity contribution is 0.404. The van der Waals surface area contributed by atoms with Crippen molar-refractivity contribution in [3.05, 3.63) is 29.3 Å². The lowest BCUT2D eigenvalue weighted by Gasteiger charge is -2.22. The fourth-order valence-electron chi connectivity index (χ4n) is 1.69. The molecule has 0 unspecified atom stereocenters. The third kappa shape index (κ3) is 3.24. The Morgan fingerprint density at radius 2 is 2.00 bits per heavy atom. The first kappa shape index (κ1) is 13.6. The van der Waals surface area contributed by atoms with E-state index in [1.54, 1.807) is 13.2 Å². The maximum absolute atomic E-state index is 10.0. The van der Waals surface area contributed by atoms with Crippen LogP contribution in [-0.4, -0.2) is 18.8 Å². The standard InChI is InChI=1S/C14H21NO2/c1-14(2,3)11-9-13(17-4)10(6-5-7-15)8-12(11)16/h5-6,8-9,16H,7,15H2,1-4H3/b6-5+. The molecule has 3 N–H and O–H groups in total. The second kappa shape index (κ2) is 5.23. The quantitative estimate of drug-likeness (QED) is 0.847. The number of phenolic OH excluding ortho intramolecular Hbond substituents is 1. The Hall–Kier alpha value is -1.48. The van der Waals surface area contributed by atoms with Crippen molar-refractivity contribution < 1.29 is 9.84 Å². The second-order valence-corrected chi connectivity index (χ2v) is 5.00. The minimum Gasteiger partial charge on any atom is -0.508 e. The molecule has 0 atom stereocenters. The summed E-state index contributed by atoms with van der Waals surface area (Å²) in [5.41, 5.74) is 7.01. The highest BCUT2D eigenvalue weighted by Gasteiger charge is 2.20. The molecule has 0 heterocycles. The fourth-order valence-corrected chi connectivity index (χ4v) is 1.69. The van der Waals surface area contributed by atoms with Gasteiger partial charge < -0.3 is 15.6 Å². The number of methoxy groups -OCH3 is 1. The number of phenols is 1. The lowest BCUT2D eigenvalue weighted by atomic mass is 9.85. The van der Waals surface area contributed by atoms with Crippen LogP contribution in [0.25, 0.3) is 6.08 Å². The van der Waals surface area contributed by atoms with Crippen LogP contribution in [-0.2, 0) is 5.41 Å². The van der Waals surface area contributed by atoms with Crippen LogP contribution in [0.1, 0.15) is 31.9 Å². The van der Waals surface area contributed by atoms with Gasteiger partial charge in [-0.3, -0.25) is 0 Å². The van der Waals surface area contributed by atoms with E-state index in [0.717, 1.165) is 16.9 Å². The molecule has 0 bridgehead atoms. The maximum Gasteiger partial charge on any atom is 0.126 e. The SMILES string of the molecule is COc1cc(C(C)(C)C)c(O)cc1/C=C/CN. The summed E-state index contributed by atoms with van der Waals surface area (Å²) in [5, 5.41) is 10.0. The molecule has 0 spiro atoms. The van der Waals surface area contributed by atoms with Gasteiger partial charge in [0.05, 0.1) is 7.11 Å². The molecule has 0 aliphatic carbocycles. The average Bonchev–Trinajstić information content (AvgIpc) is 2.24. The number of hydrogen-bond acceptors (Lipinski definition) is 3. The molecule has 1 aromatic carbocycles. The molecule has 1 rings (SSSR count). The zero-order valence-electron chi connectivity index (χ0n) is 10.9. The molecule has 0 aliphatic heterocycles. The summed E-state index contributed by atoms with van der Waals surface area (Å²) in [6.45, 7) is 6.62. The smallest absolute Gasteiger partial charge is 0.126 e. The Labute approximate surface area is 103 Å². The van der Waals surface area contributed by atoms with E-state index >= 15 is 0 Å². The first-order valence-electron chi connectivity index (χ1n) is 5.68. The van der Waals surface area contributed by atoms with Gasteiger partial charge in [0.1, 0.15) is 11.5 Å². The van der Waals surface area contributed by atoms with Crippen LogP contribution in [0.5, 0.6) is 11.5 Å². The molecule has 0 fully saturated rings. The van der Waals surface area contributed by atoms with Gasteiger partial charge in [-0.05, 0) is 17.5 Å².